The monoisotopic (exact) mass is 337 g/mol. The number of hydrogen-bond acceptors (Lipinski definition) is 3. The summed E-state index contributed by atoms with van der Waals surface area (Å²) in [7, 11) is -3.69. The molecule has 0 amide bonds. The zero-order chi connectivity index (χ0) is 17.2. The molecule has 0 aromatic heterocycles. The number of hydrogen-bond donors (Lipinski definition) is 0. The molecule has 0 bridgehead atoms. The van der Waals surface area contributed by atoms with Crippen LogP contribution in [0, 0.1) is 17.1 Å². The van der Waals surface area contributed by atoms with Crippen LogP contribution in [0.1, 0.15) is 5.56 Å². The first-order valence-corrected chi connectivity index (χ1v) is 8.60. The van der Waals surface area contributed by atoms with Gasteiger partial charge in [-0.1, -0.05) is 24.3 Å². The van der Waals surface area contributed by atoms with Gasteiger partial charge in [-0.25, -0.2) is 12.8 Å². The highest BCUT2D eigenvalue weighted by molar-refractivity contribution is 7.91. The molecule has 0 saturated carbocycles. The number of nitriles is 1. The minimum Gasteiger partial charge on any atom is -0.219 e. The van der Waals surface area contributed by atoms with Gasteiger partial charge in [-0.2, -0.15) is 5.26 Å². The molecule has 5 heteroatoms. The zero-order valence-corrected chi connectivity index (χ0v) is 13.3. The normalized spacial score (nSPS) is 11.0. The Hall–Kier alpha value is -2.97. The van der Waals surface area contributed by atoms with Crippen LogP contribution in [0.5, 0.6) is 0 Å². The van der Waals surface area contributed by atoms with E-state index in [1.54, 1.807) is 30.3 Å². The van der Waals surface area contributed by atoms with Gasteiger partial charge in [0.05, 0.1) is 21.4 Å². The molecule has 0 saturated heterocycles. The molecular formula is C19H12FNO2S. The summed E-state index contributed by atoms with van der Waals surface area (Å²) < 4.78 is 38.5. The van der Waals surface area contributed by atoms with Gasteiger partial charge in [-0.15, -0.1) is 0 Å². The molecule has 24 heavy (non-hydrogen) atoms. The van der Waals surface area contributed by atoms with Crippen molar-refractivity contribution in [3.63, 3.8) is 0 Å². The van der Waals surface area contributed by atoms with Gasteiger partial charge in [-0.05, 0) is 59.7 Å². The van der Waals surface area contributed by atoms with Gasteiger partial charge in [0.1, 0.15) is 5.82 Å². The summed E-state index contributed by atoms with van der Waals surface area (Å²) in [5.74, 6) is -0.347. The van der Waals surface area contributed by atoms with Crippen molar-refractivity contribution >= 4 is 9.84 Å². The van der Waals surface area contributed by atoms with E-state index in [4.69, 9.17) is 5.26 Å². The van der Waals surface area contributed by atoms with Gasteiger partial charge in [0.2, 0.25) is 9.84 Å². The highest BCUT2D eigenvalue weighted by Crippen LogP contribution is 2.26. The summed E-state index contributed by atoms with van der Waals surface area (Å²) in [6, 6.07) is 20.1. The molecule has 3 aromatic carbocycles. The maximum Gasteiger partial charge on any atom is 0.206 e. The van der Waals surface area contributed by atoms with Crippen LogP contribution in [0.2, 0.25) is 0 Å². The second-order valence-corrected chi connectivity index (χ2v) is 7.12. The predicted molar refractivity (Wildman–Crippen MR) is 88.4 cm³/mol. The van der Waals surface area contributed by atoms with Crippen molar-refractivity contribution in [1.82, 2.24) is 0 Å². The highest BCUT2D eigenvalue weighted by Gasteiger charge is 2.18. The lowest BCUT2D eigenvalue weighted by atomic mass is 10.1. The Labute approximate surface area is 139 Å². The second kappa shape index (κ2) is 6.26. The van der Waals surface area contributed by atoms with Crippen LogP contribution in [-0.4, -0.2) is 8.42 Å². The number of rotatable bonds is 3. The third-order valence-corrected chi connectivity index (χ3v) is 5.38. The average Bonchev–Trinajstić information content (AvgIpc) is 2.62. The molecule has 0 aliphatic carbocycles. The molecule has 0 aliphatic heterocycles. The van der Waals surface area contributed by atoms with Crippen LogP contribution in [0.3, 0.4) is 0 Å². The minimum atomic E-state index is -3.69. The lowest BCUT2D eigenvalue weighted by Crippen LogP contribution is -2.02. The predicted octanol–water partition coefficient (Wildman–Crippen LogP) is 4.20. The van der Waals surface area contributed by atoms with Gasteiger partial charge in [0, 0.05) is 0 Å². The van der Waals surface area contributed by atoms with E-state index in [0.717, 1.165) is 5.56 Å². The van der Waals surface area contributed by atoms with Crippen LogP contribution in [0.15, 0.2) is 82.6 Å². The van der Waals surface area contributed by atoms with E-state index in [2.05, 4.69) is 0 Å². The van der Waals surface area contributed by atoms with Crippen molar-refractivity contribution in [1.29, 1.82) is 5.26 Å². The van der Waals surface area contributed by atoms with Crippen LogP contribution in [0.4, 0.5) is 4.39 Å². The summed E-state index contributed by atoms with van der Waals surface area (Å²) in [4.78, 5) is 0.270. The lowest BCUT2D eigenvalue weighted by Gasteiger charge is -2.07. The maximum absolute atomic E-state index is 13.0. The summed E-state index contributed by atoms with van der Waals surface area (Å²) in [6.07, 6.45) is 0. The Morgan fingerprint density at radius 3 is 2.08 bits per heavy atom. The molecular weight excluding hydrogens is 325 g/mol. The molecule has 3 rings (SSSR count). The zero-order valence-electron chi connectivity index (χ0n) is 12.5. The Balaban J connectivity index is 2.04. The van der Waals surface area contributed by atoms with E-state index in [1.165, 1.54) is 42.5 Å². The molecule has 0 fully saturated rings. The number of halogens is 1. The van der Waals surface area contributed by atoms with Crippen LogP contribution in [0.25, 0.3) is 11.1 Å². The maximum atomic E-state index is 13.0. The molecule has 3 nitrogen and oxygen atoms in total. The second-order valence-electron chi connectivity index (χ2n) is 5.17. The van der Waals surface area contributed by atoms with Crippen molar-refractivity contribution in [2.24, 2.45) is 0 Å². The van der Waals surface area contributed by atoms with Crippen LogP contribution < -0.4 is 0 Å². The fourth-order valence-corrected chi connectivity index (χ4v) is 3.64. The number of benzene rings is 3. The van der Waals surface area contributed by atoms with Crippen molar-refractivity contribution in [3.8, 4) is 17.2 Å². The summed E-state index contributed by atoms with van der Waals surface area (Å²) in [6.45, 7) is 0. The Bertz CT molecular complexity index is 1020. The molecule has 118 valence electrons. The first-order chi connectivity index (χ1) is 11.5. The third kappa shape index (κ3) is 3.05. The van der Waals surface area contributed by atoms with Crippen LogP contribution in [-0.2, 0) is 9.84 Å². The quantitative estimate of drug-likeness (QED) is 0.720. The van der Waals surface area contributed by atoms with E-state index in [9.17, 15) is 12.8 Å². The lowest BCUT2D eigenvalue weighted by molar-refractivity contribution is 0.596. The third-order valence-electron chi connectivity index (χ3n) is 3.62. The highest BCUT2D eigenvalue weighted by atomic mass is 32.2. The topological polar surface area (TPSA) is 57.9 Å². The van der Waals surface area contributed by atoms with Crippen LogP contribution >= 0.6 is 0 Å². The number of nitrogens with zero attached hydrogens (tertiary/aromatic N) is 1. The summed E-state index contributed by atoms with van der Waals surface area (Å²) in [5.41, 5.74) is 1.81. The molecule has 0 unspecified atom stereocenters. The molecule has 3 aromatic rings. The molecule has 0 N–H and O–H groups in total. The molecule has 0 heterocycles. The van der Waals surface area contributed by atoms with E-state index < -0.39 is 9.84 Å². The molecule has 0 spiro atoms. The van der Waals surface area contributed by atoms with Gasteiger partial charge in [-0.3, -0.25) is 0 Å². The van der Waals surface area contributed by atoms with Gasteiger partial charge in [0.25, 0.3) is 0 Å². The van der Waals surface area contributed by atoms with Crippen molar-refractivity contribution in [2.45, 2.75) is 9.79 Å². The minimum absolute atomic E-state index is 0.123. The van der Waals surface area contributed by atoms with Crippen molar-refractivity contribution < 1.29 is 12.8 Å². The average molecular weight is 337 g/mol. The van der Waals surface area contributed by atoms with E-state index >= 15 is 0 Å². The standard InChI is InChI=1S/C19H12FNO2S/c20-17-8-6-15(7-9-17)16-2-1-3-19(12-16)24(22,23)18-10-4-14(13-21)5-11-18/h1-12H. The summed E-state index contributed by atoms with van der Waals surface area (Å²) in [5, 5.41) is 8.80. The Morgan fingerprint density at radius 2 is 1.46 bits per heavy atom. The van der Waals surface area contributed by atoms with E-state index in [1.807, 2.05) is 6.07 Å². The van der Waals surface area contributed by atoms with E-state index in [-0.39, 0.29) is 15.6 Å². The molecule has 0 radical (unpaired) electrons. The van der Waals surface area contributed by atoms with Gasteiger partial charge < -0.3 is 0 Å². The van der Waals surface area contributed by atoms with Crippen molar-refractivity contribution in [3.05, 3.63) is 84.2 Å². The first-order valence-electron chi connectivity index (χ1n) is 7.12. The van der Waals surface area contributed by atoms with Crippen molar-refractivity contribution in [2.75, 3.05) is 0 Å². The fraction of sp³-hybridized carbons (Fsp3) is 0. The SMILES string of the molecule is N#Cc1ccc(S(=O)(=O)c2cccc(-c3ccc(F)cc3)c2)cc1. The Morgan fingerprint density at radius 1 is 0.792 bits per heavy atom. The largest absolute Gasteiger partial charge is 0.219 e. The first kappa shape index (κ1) is 15.9. The van der Waals surface area contributed by atoms with Gasteiger partial charge in [0.15, 0.2) is 0 Å². The molecule has 0 aliphatic rings. The van der Waals surface area contributed by atoms with E-state index in [0.29, 0.717) is 11.1 Å². The fourth-order valence-electron chi connectivity index (χ4n) is 2.33. The van der Waals surface area contributed by atoms with Gasteiger partial charge >= 0.3 is 0 Å². The smallest absolute Gasteiger partial charge is 0.206 e. The Kier molecular flexibility index (Phi) is 4.15. The molecule has 0 atom stereocenters. The summed E-state index contributed by atoms with van der Waals surface area (Å²) >= 11 is 0. The number of sulfone groups is 1.